The molecule has 0 bridgehead atoms. The van der Waals surface area contributed by atoms with Gasteiger partial charge in [0.2, 0.25) is 0 Å². The van der Waals surface area contributed by atoms with E-state index in [1.807, 2.05) is 0 Å². The predicted molar refractivity (Wildman–Crippen MR) is 74.3 cm³/mol. The SMILES string of the molecule is CC(=O)c1ccc(C(=O)N2CCOCC2CC(=O)O)cc1. The van der Waals surface area contributed by atoms with Crippen LogP contribution in [0.25, 0.3) is 0 Å². The van der Waals surface area contributed by atoms with Crippen LogP contribution >= 0.6 is 0 Å². The van der Waals surface area contributed by atoms with E-state index in [0.29, 0.717) is 24.3 Å². The van der Waals surface area contributed by atoms with Crippen molar-refractivity contribution >= 4 is 17.7 Å². The van der Waals surface area contributed by atoms with Crippen LogP contribution in [-0.4, -0.2) is 53.5 Å². The summed E-state index contributed by atoms with van der Waals surface area (Å²) < 4.78 is 5.25. The number of Topliss-reactive ketones (excluding diaryl/α,β-unsaturated/α-hetero) is 1. The molecule has 1 aliphatic rings. The van der Waals surface area contributed by atoms with E-state index in [0.717, 1.165) is 0 Å². The summed E-state index contributed by atoms with van der Waals surface area (Å²) in [6.07, 6.45) is -0.142. The van der Waals surface area contributed by atoms with Crippen molar-refractivity contribution in [1.82, 2.24) is 4.90 Å². The molecule has 112 valence electrons. The maximum atomic E-state index is 12.5. The highest BCUT2D eigenvalue weighted by Gasteiger charge is 2.29. The van der Waals surface area contributed by atoms with Crippen LogP contribution in [0, 0.1) is 0 Å². The van der Waals surface area contributed by atoms with Gasteiger partial charge in [0.25, 0.3) is 5.91 Å². The molecule has 1 aromatic rings. The zero-order chi connectivity index (χ0) is 15.4. The van der Waals surface area contributed by atoms with E-state index >= 15 is 0 Å². The van der Waals surface area contributed by atoms with Gasteiger partial charge < -0.3 is 14.7 Å². The largest absolute Gasteiger partial charge is 0.481 e. The summed E-state index contributed by atoms with van der Waals surface area (Å²) in [7, 11) is 0. The van der Waals surface area contributed by atoms with Crippen molar-refractivity contribution in [2.24, 2.45) is 0 Å². The highest BCUT2D eigenvalue weighted by atomic mass is 16.5. The number of ketones is 1. The Labute approximate surface area is 122 Å². The molecule has 0 saturated carbocycles. The number of ether oxygens (including phenoxy) is 1. The van der Waals surface area contributed by atoms with E-state index in [9.17, 15) is 14.4 Å². The number of hydrogen-bond donors (Lipinski definition) is 1. The van der Waals surface area contributed by atoms with Gasteiger partial charge in [-0.3, -0.25) is 14.4 Å². The van der Waals surface area contributed by atoms with Crippen molar-refractivity contribution in [1.29, 1.82) is 0 Å². The van der Waals surface area contributed by atoms with Gasteiger partial charge in [0.1, 0.15) is 0 Å². The quantitative estimate of drug-likeness (QED) is 0.843. The molecule has 0 aliphatic carbocycles. The Morgan fingerprint density at radius 1 is 1.24 bits per heavy atom. The van der Waals surface area contributed by atoms with Crippen LogP contribution in [0.5, 0.6) is 0 Å². The first-order valence-electron chi connectivity index (χ1n) is 6.70. The number of carboxylic acid groups (broad SMARTS) is 1. The molecule has 1 amide bonds. The second-order valence-electron chi connectivity index (χ2n) is 4.96. The summed E-state index contributed by atoms with van der Waals surface area (Å²) in [5.74, 6) is -1.26. The van der Waals surface area contributed by atoms with Gasteiger partial charge in [0, 0.05) is 17.7 Å². The molecule has 6 heteroatoms. The molecule has 1 unspecified atom stereocenters. The van der Waals surface area contributed by atoms with Crippen LogP contribution in [0.3, 0.4) is 0 Å². The molecule has 1 aliphatic heterocycles. The molecule has 0 aromatic heterocycles. The molecule has 0 spiro atoms. The number of morpholine rings is 1. The molecule has 6 nitrogen and oxygen atoms in total. The number of amides is 1. The number of benzene rings is 1. The van der Waals surface area contributed by atoms with Crippen LogP contribution < -0.4 is 0 Å². The van der Waals surface area contributed by atoms with Crippen molar-refractivity contribution in [3.8, 4) is 0 Å². The lowest BCUT2D eigenvalue weighted by molar-refractivity contribution is -0.139. The Bertz CT molecular complexity index is 552. The third-order valence-corrected chi connectivity index (χ3v) is 3.44. The minimum Gasteiger partial charge on any atom is -0.481 e. The molecule has 1 heterocycles. The Kier molecular flexibility index (Phi) is 4.70. The molecule has 1 N–H and O–H groups in total. The van der Waals surface area contributed by atoms with E-state index in [4.69, 9.17) is 9.84 Å². The summed E-state index contributed by atoms with van der Waals surface area (Å²) in [5, 5.41) is 8.90. The first-order valence-corrected chi connectivity index (χ1v) is 6.70. The second-order valence-corrected chi connectivity index (χ2v) is 4.96. The van der Waals surface area contributed by atoms with Gasteiger partial charge in [-0.25, -0.2) is 0 Å². The molecule has 2 rings (SSSR count). The van der Waals surface area contributed by atoms with Crippen LogP contribution in [0.2, 0.25) is 0 Å². The fraction of sp³-hybridized carbons (Fsp3) is 0.400. The van der Waals surface area contributed by atoms with Crippen LogP contribution in [0.4, 0.5) is 0 Å². The van der Waals surface area contributed by atoms with E-state index in [1.165, 1.54) is 11.8 Å². The van der Waals surface area contributed by atoms with Gasteiger partial charge in [-0.15, -0.1) is 0 Å². The maximum Gasteiger partial charge on any atom is 0.305 e. The van der Waals surface area contributed by atoms with Crippen molar-refractivity contribution < 1.29 is 24.2 Å². The number of hydrogen-bond acceptors (Lipinski definition) is 4. The van der Waals surface area contributed by atoms with Crippen molar-refractivity contribution in [2.75, 3.05) is 19.8 Å². The van der Waals surface area contributed by atoms with Gasteiger partial charge in [-0.1, -0.05) is 12.1 Å². The van der Waals surface area contributed by atoms with E-state index in [-0.39, 0.29) is 24.7 Å². The highest BCUT2D eigenvalue weighted by molar-refractivity contribution is 5.98. The van der Waals surface area contributed by atoms with E-state index < -0.39 is 12.0 Å². The number of aliphatic carboxylic acids is 1. The Hall–Kier alpha value is -2.21. The number of carbonyl (C=O) groups is 3. The summed E-state index contributed by atoms with van der Waals surface area (Å²) in [4.78, 5) is 36.1. The van der Waals surface area contributed by atoms with E-state index in [2.05, 4.69) is 0 Å². The normalized spacial score (nSPS) is 18.3. The minimum atomic E-state index is -0.963. The zero-order valence-corrected chi connectivity index (χ0v) is 11.7. The lowest BCUT2D eigenvalue weighted by Crippen LogP contribution is -2.49. The second kappa shape index (κ2) is 6.49. The first kappa shape index (κ1) is 15.2. The maximum absolute atomic E-state index is 12.5. The molecule has 1 atom stereocenters. The molecule has 1 aromatic carbocycles. The third-order valence-electron chi connectivity index (χ3n) is 3.44. The molecular formula is C15H17NO5. The zero-order valence-electron chi connectivity index (χ0n) is 11.7. The number of carboxylic acids is 1. The molecule has 0 radical (unpaired) electrons. The van der Waals surface area contributed by atoms with Crippen LogP contribution in [-0.2, 0) is 9.53 Å². The minimum absolute atomic E-state index is 0.0656. The summed E-state index contributed by atoms with van der Waals surface area (Å²) >= 11 is 0. The lowest BCUT2D eigenvalue weighted by Gasteiger charge is -2.34. The van der Waals surface area contributed by atoms with Crippen LogP contribution in [0.1, 0.15) is 34.1 Å². The summed E-state index contributed by atoms with van der Waals surface area (Å²) in [6, 6.07) is 5.92. The fourth-order valence-corrected chi connectivity index (χ4v) is 2.31. The van der Waals surface area contributed by atoms with Gasteiger partial charge >= 0.3 is 5.97 Å². The molecular weight excluding hydrogens is 274 g/mol. The van der Waals surface area contributed by atoms with Crippen molar-refractivity contribution in [2.45, 2.75) is 19.4 Å². The van der Waals surface area contributed by atoms with Gasteiger partial charge in [-0.05, 0) is 19.1 Å². The molecule has 1 saturated heterocycles. The van der Waals surface area contributed by atoms with Gasteiger partial charge in [0.05, 0.1) is 25.7 Å². The predicted octanol–water partition coefficient (Wildman–Crippen LogP) is 1.20. The first-order chi connectivity index (χ1) is 9.99. The van der Waals surface area contributed by atoms with Gasteiger partial charge in [-0.2, -0.15) is 0 Å². The lowest BCUT2D eigenvalue weighted by atomic mass is 10.1. The van der Waals surface area contributed by atoms with Crippen molar-refractivity contribution in [3.05, 3.63) is 35.4 Å². The average molecular weight is 291 g/mol. The monoisotopic (exact) mass is 291 g/mol. The highest BCUT2D eigenvalue weighted by Crippen LogP contribution is 2.16. The molecule has 1 fully saturated rings. The van der Waals surface area contributed by atoms with Crippen LogP contribution in [0.15, 0.2) is 24.3 Å². The Balaban J connectivity index is 2.16. The Morgan fingerprint density at radius 3 is 2.43 bits per heavy atom. The van der Waals surface area contributed by atoms with E-state index in [1.54, 1.807) is 24.3 Å². The topological polar surface area (TPSA) is 83.9 Å². The average Bonchev–Trinajstić information content (AvgIpc) is 2.46. The smallest absolute Gasteiger partial charge is 0.305 e. The standard InChI is InChI=1S/C15H17NO5/c1-10(17)11-2-4-12(5-3-11)15(20)16-6-7-21-9-13(16)8-14(18)19/h2-5,13H,6-9H2,1H3,(H,18,19). The van der Waals surface area contributed by atoms with Crippen molar-refractivity contribution in [3.63, 3.8) is 0 Å². The Morgan fingerprint density at radius 2 is 1.86 bits per heavy atom. The number of carbonyl (C=O) groups excluding carboxylic acids is 2. The fourth-order valence-electron chi connectivity index (χ4n) is 2.31. The number of rotatable bonds is 4. The summed E-state index contributed by atoms with van der Waals surface area (Å²) in [5.41, 5.74) is 0.980. The molecule has 21 heavy (non-hydrogen) atoms. The number of nitrogens with zero attached hydrogens (tertiary/aromatic N) is 1. The summed E-state index contributed by atoms with van der Waals surface area (Å²) in [6.45, 7) is 2.45. The third kappa shape index (κ3) is 3.66. The van der Waals surface area contributed by atoms with Gasteiger partial charge in [0.15, 0.2) is 5.78 Å².